The molecular formula is C20H24N4O4. The summed E-state index contributed by atoms with van der Waals surface area (Å²) in [6.07, 6.45) is 1.50. The average molecular weight is 384 g/mol. The smallest absolute Gasteiger partial charge is 0.410 e. The number of rotatable bonds is 5. The van der Waals surface area contributed by atoms with Gasteiger partial charge in [-0.3, -0.25) is 0 Å². The number of carbonyl (C=O) groups excluding carboxylic acids is 1. The van der Waals surface area contributed by atoms with Crippen LogP contribution in [0.25, 0.3) is 0 Å². The van der Waals surface area contributed by atoms with Crippen molar-refractivity contribution in [3.05, 3.63) is 47.7 Å². The molecule has 8 nitrogen and oxygen atoms in total. The third-order valence-electron chi connectivity index (χ3n) is 4.89. The van der Waals surface area contributed by atoms with E-state index < -0.39 is 0 Å². The quantitative estimate of drug-likeness (QED) is 0.845. The standard InChI is InChI=1S/C20H24N4O4/c25-20(28-14-15-4-2-1-3-5-15)24-8-6-16(7-9-24)21-13-17-12-18-19(23-22-17)27-11-10-26-18/h1-5,12,16,21H,6-11,13-14H2. The predicted octanol–water partition coefficient (Wildman–Crippen LogP) is 2.14. The van der Waals surface area contributed by atoms with Crippen molar-refractivity contribution < 1.29 is 19.0 Å². The van der Waals surface area contributed by atoms with Crippen LogP contribution in [0.1, 0.15) is 24.1 Å². The summed E-state index contributed by atoms with van der Waals surface area (Å²) >= 11 is 0. The molecule has 28 heavy (non-hydrogen) atoms. The van der Waals surface area contributed by atoms with Gasteiger partial charge in [-0.05, 0) is 18.4 Å². The van der Waals surface area contributed by atoms with Gasteiger partial charge in [-0.2, -0.15) is 5.10 Å². The van der Waals surface area contributed by atoms with Crippen molar-refractivity contribution in [1.82, 2.24) is 20.4 Å². The van der Waals surface area contributed by atoms with Gasteiger partial charge >= 0.3 is 6.09 Å². The first-order chi connectivity index (χ1) is 13.8. The second-order valence-corrected chi connectivity index (χ2v) is 6.88. The number of ether oxygens (including phenoxy) is 3. The molecule has 0 unspecified atom stereocenters. The maximum atomic E-state index is 12.2. The van der Waals surface area contributed by atoms with Crippen molar-refractivity contribution in [1.29, 1.82) is 0 Å². The van der Waals surface area contributed by atoms with Gasteiger partial charge < -0.3 is 24.4 Å². The number of fused-ring (bicyclic) bond motifs is 1. The van der Waals surface area contributed by atoms with E-state index in [1.54, 1.807) is 4.90 Å². The zero-order valence-corrected chi connectivity index (χ0v) is 15.7. The first kappa shape index (κ1) is 18.5. The Morgan fingerprint density at radius 2 is 1.93 bits per heavy atom. The van der Waals surface area contributed by atoms with Crippen LogP contribution >= 0.6 is 0 Å². The molecule has 0 spiro atoms. The van der Waals surface area contributed by atoms with Crippen LogP contribution in [0, 0.1) is 0 Å². The molecule has 1 aromatic heterocycles. The molecule has 4 rings (SSSR count). The van der Waals surface area contributed by atoms with Crippen molar-refractivity contribution >= 4 is 6.09 Å². The van der Waals surface area contributed by atoms with Crippen molar-refractivity contribution in [2.45, 2.75) is 32.0 Å². The Morgan fingerprint density at radius 3 is 2.75 bits per heavy atom. The molecule has 1 amide bonds. The first-order valence-corrected chi connectivity index (χ1v) is 9.59. The number of nitrogens with zero attached hydrogens (tertiary/aromatic N) is 3. The topological polar surface area (TPSA) is 85.8 Å². The second kappa shape index (κ2) is 8.88. The Hall–Kier alpha value is -2.87. The third-order valence-corrected chi connectivity index (χ3v) is 4.89. The van der Waals surface area contributed by atoms with Gasteiger partial charge in [0.15, 0.2) is 5.75 Å². The number of amides is 1. The number of hydrogen-bond donors (Lipinski definition) is 1. The molecule has 0 atom stereocenters. The van der Waals surface area contributed by atoms with Gasteiger partial charge in [-0.25, -0.2) is 4.79 Å². The van der Waals surface area contributed by atoms with Gasteiger partial charge in [0, 0.05) is 31.7 Å². The minimum Gasteiger partial charge on any atom is -0.484 e. The molecule has 1 aromatic carbocycles. The van der Waals surface area contributed by atoms with Crippen LogP contribution in [0.3, 0.4) is 0 Å². The molecule has 0 saturated carbocycles. The van der Waals surface area contributed by atoms with E-state index >= 15 is 0 Å². The van der Waals surface area contributed by atoms with Crippen LogP contribution in [0.15, 0.2) is 36.4 Å². The summed E-state index contributed by atoms with van der Waals surface area (Å²) in [6, 6.07) is 11.9. The normalized spacial score (nSPS) is 16.6. The van der Waals surface area contributed by atoms with E-state index in [2.05, 4.69) is 15.5 Å². The van der Waals surface area contributed by atoms with Crippen LogP contribution in [0.4, 0.5) is 4.79 Å². The van der Waals surface area contributed by atoms with Crippen molar-refractivity contribution in [3.63, 3.8) is 0 Å². The van der Waals surface area contributed by atoms with Crippen LogP contribution in [-0.2, 0) is 17.9 Å². The fourth-order valence-electron chi connectivity index (χ4n) is 3.31. The Balaban J connectivity index is 1.19. The van der Waals surface area contributed by atoms with Gasteiger partial charge in [0.2, 0.25) is 0 Å². The number of aromatic nitrogens is 2. The Morgan fingerprint density at radius 1 is 1.14 bits per heavy atom. The van der Waals surface area contributed by atoms with Crippen molar-refractivity contribution in [2.24, 2.45) is 0 Å². The molecule has 0 radical (unpaired) electrons. The maximum Gasteiger partial charge on any atom is 0.410 e. The number of piperidine rings is 1. The summed E-state index contributed by atoms with van der Waals surface area (Å²) in [6.45, 7) is 3.31. The van der Waals surface area contributed by atoms with Crippen molar-refractivity contribution in [3.8, 4) is 11.6 Å². The highest BCUT2D eigenvalue weighted by Crippen LogP contribution is 2.26. The molecule has 0 aliphatic carbocycles. The summed E-state index contributed by atoms with van der Waals surface area (Å²) in [4.78, 5) is 14.0. The van der Waals surface area contributed by atoms with Crippen LogP contribution < -0.4 is 14.8 Å². The molecule has 8 heteroatoms. The van der Waals surface area contributed by atoms with Crippen molar-refractivity contribution in [2.75, 3.05) is 26.3 Å². The number of benzene rings is 1. The van der Waals surface area contributed by atoms with Crippen LogP contribution in [0.2, 0.25) is 0 Å². The molecule has 2 aliphatic rings. The van der Waals surface area contributed by atoms with Gasteiger partial charge in [-0.15, -0.1) is 5.10 Å². The van der Waals surface area contributed by atoms with Crippen LogP contribution in [0.5, 0.6) is 11.6 Å². The van der Waals surface area contributed by atoms with E-state index in [4.69, 9.17) is 14.2 Å². The molecule has 148 valence electrons. The first-order valence-electron chi connectivity index (χ1n) is 9.59. The van der Waals surface area contributed by atoms with Gasteiger partial charge in [0.1, 0.15) is 19.8 Å². The van der Waals surface area contributed by atoms with Gasteiger partial charge in [-0.1, -0.05) is 30.3 Å². The average Bonchev–Trinajstić information content (AvgIpc) is 2.77. The lowest BCUT2D eigenvalue weighted by atomic mass is 10.1. The largest absolute Gasteiger partial charge is 0.484 e. The molecule has 2 aliphatic heterocycles. The highest BCUT2D eigenvalue weighted by molar-refractivity contribution is 5.67. The maximum absolute atomic E-state index is 12.2. The fourth-order valence-corrected chi connectivity index (χ4v) is 3.31. The summed E-state index contributed by atoms with van der Waals surface area (Å²) in [5.74, 6) is 1.10. The van der Waals surface area contributed by atoms with Gasteiger partial charge in [0.25, 0.3) is 5.88 Å². The molecule has 1 N–H and O–H groups in total. The Kier molecular flexibility index (Phi) is 5.86. The van der Waals surface area contributed by atoms with Gasteiger partial charge in [0.05, 0.1) is 5.69 Å². The van der Waals surface area contributed by atoms with Crippen LogP contribution in [-0.4, -0.2) is 53.5 Å². The highest BCUT2D eigenvalue weighted by Gasteiger charge is 2.24. The molecule has 0 bridgehead atoms. The summed E-state index contributed by atoms with van der Waals surface area (Å²) < 4.78 is 16.3. The second-order valence-electron chi connectivity index (χ2n) is 6.88. The highest BCUT2D eigenvalue weighted by atomic mass is 16.6. The summed E-state index contributed by atoms with van der Waals surface area (Å²) in [7, 11) is 0. The lowest BCUT2D eigenvalue weighted by Crippen LogP contribution is -2.45. The molecule has 3 heterocycles. The Bertz CT molecular complexity index is 794. The Labute approximate surface area is 163 Å². The molecule has 2 aromatic rings. The summed E-state index contributed by atoms with van der Waals surface area (Å²) in [5, 5.41) is 11.7. The number of nitrogens with one attached hydrogen (secondary N) is 1. The molecule has 1 saturated heterocycles. The number of likely N-dealkylation sites (tertiary alicyclic amines) is 1. The fraction of sp³-hybridized carbons (Fsp3) is 0.450. The minimum atomic E-state index is -0.250. The van der Waals surface area contributed by atoms with E-state index in [9.17, 15) is 4.79 Å². The zero-order valence-electron chi connectivity index (χ0n) is 15.7. The minimum absolute atomic E-state index is 0.250. The monoisotopic (exact) mass is 384 g/mol. The summed E-state index contributed by atoms with van der Waals surface area (Å²) in [5.41, 5.74) is 1.81. The molecular weight excluding hydrogens is 360 g/mol. The third kappa shape index (κ3) is 4.69. The van der Waals surface area contributed by atoms with E-state index in [-0.39, 0.29) is 6.09 Å². The lowest BCUT2D eigenvalue weighted by Gasteiger charge is -2.31. The predicted molar refractivity (Wildman–Crippen MR) is 101 cm³/mol. The van der Waals surface area contributed by atoms with E-state index in [1.165, 1.54) is 0 Å². The van der Waals surface area contributed by atoms with E-state index in [0.717, 1.165) is 24.1 Å². The lowest BCUT2D eigenvalue weighted by molar-refractivity contribution is 0.0851. The van der Waals surface area contributed by atoms with E-state index in [1.807, 2.05) is 36.4 Å². The molecule has 1 fully saturated rings. The van der Waals surface area contributed by atoms with E-state index in [0.29, 0.717) is 57.1 Å². The number of hydrogen-bond acceptors (Lipinski definition) is 7. The number of carbonyl (C=O) groups is 1. The zero-order chi connectivity index (χ0) is 19.2. The SMILES string of the molecule is O=C(OCc1ccccc1)N1CCC(NCc2cc3c(nn2)OCCO3)CC1.